The van der Waals surface area contributed by atoms with Crippen LogP contribution in [0.15, 0.2) is 18.2 Å². The summed E-state index contributed by atoms with van der Waals surface area (Å²) in [6.45, 7) is 6.28. The number of carbonyl (C=O) groups is 1. The van der Waals surface area contributed by atoms with E-state index in [1.165, 1.54) is 23.8 Å². The monoisotopic (exact) mass is 252 g/mol. The molecule has 3 heteroatoms. The molecule has 17 heavy (non-hydrogen) atoms. The Kier molecular flexibility index (Phi) is 5.56. The van der Waals surface area contributed by atoms with E-state index in [1.807, 2.05) is 0 Å². The van der Waals surface area contributed by atoms with Crippen molar-refractivity contribution in [1.82, 2.24) is 0 Å². The lowest BCUT2D eigenvalue weighted by Gasteiger charge is -2.10. The number of benzene rings is 1. The fourth-order valence-electron chi connectivity index (χ4n) is 1.77. The lowest BCUT2D eigenvalue weighted by atomic mass is 10.1. The number of ether oxygens (including phenoxy) is 1. The number of esters is 1. The molecule has 0 N–H and O–H groups in total. The zero-order valence-corrected chi connectivity index (χ0v) is 11.8. The highest BCUT2D eigenvalue weighted by Gasteiger charge is 2.09. The van der Waals surface area contributed by atoms with E-state index in [0.717, 1.165) is 5.75 Å². The number of hydrogen-bond donors (Lipinski definition) is 0. The van der Waals surface area contributed by atoms with Crippen LogP contribution in [0, 0.1) is 13.8 Å². The van der Waals surface area contributed by atoms with Crippen LogP contribution in [-0.4, -0.2) is 18.3 Å². The number of carbonyl (C=O) groups excluding carboxylic acids is 1. The normalized spacial score (nSPS) is 12.2. The quantitative estimate of drug-likeness (QED) is 0.750. The summed E-state index contributed by atoms with van der Waals surface area (Å²) in [6.07, 6.45) is 0.478. The van der Waals surface area contributed by atoms with Crippen LogP contribution in [-0.2, 0) is 15.3 Å². The molecule has 0 aromatic heterocycles. The van der Waals surface area contributed by atoms with Gasteiger partial charge in [-0.1, -0.05) is 36.2 Å². The van der Waals surface area contributed by atoms with Gasteiger partial charge in [0.15, 0.2) is 0 Å². The van der Waals surface area contributed by atoms with Gasteiger partial charge in [0.05, 0.1) is 13.5 Å². The molecule has 0 aliphatic rings. The van der Waals surface area contributed by atoms with Gasteiger partial charge in [0.2, 0.25) is 0 Å². The Morgan fingerprint density at radius 1 is 1.29 bits per heavy atom. The molecule has 0 aliphatic heterocycles. The maximum atomic E-state index is 11.1. The number of methoxy groups -OCH3 is 1. The van der Waals surface area contributed by atoms with Gasteiger partial charge < -0.3 is 4.74 Å². The van der Waals surface area contributed by atoms with E-state index in [-0.39, 0.29) is 5.97 Å². The van der Waals surface area contributed by atoms with Crippen LogP contribution in [0.2, 0.25) is 0 Å². The van der Waals surface area contributed by atoms with E-state index in [2.05, 4.69) is 43.7 Å². The summed E-state index contributed by atoms with van der Waals surface area (Å²) in [5.41, 5.74) is 3.91. The van der Waals surface area contributed by atoms with E-state index >= 15 is 0 Å². The van der Waals surface area contributed by atoms with E-state index in [9.17, 15) is 4.79 Å². The molecule has 0 heterocycles. The number of aryl methyl sites for hydroxylation is 2. The number of hydrogen-bond acceptors (Lipinski definition) is 3. The molecule has 0 aliphatic carbocycles. The van der Waals surface area contributed by atoms with Crippen LogP contribution < -0.4 is 0 Å². The largest absolute Gasteiger partial charge is 0.469 e. The zero-order valence-electron chi connectivity index (χ0n) is 10.9. The van der Waals surface area contributed by atoms with Gasteiger partial charge in [-0.05, 0) is 19.4 Å². The molecule has 1 rings (SSSR count). The first-order chi connectivity index (χ1) is 8.01. The van der Waals surface area contributed by atoms with Gasteiger partial charge in [0.25, 0.3) is 0 Å². The molecule has 0 bridgehead atoms. The molecule has 1 aromatic carbocycles. The minimum atomic E-state index is -0.134. The third-order valence-electron chi connectivity index (χ3n) is 2.50. The predicted molar refractivity (Wildman–Crippen MR) is 73.3 cm³/mol. The topological polar surface area (TPSA) is 26.3 Å². The molecule has 0 saturated heterocycles. The maximum Gasteiger partial charge on any atom is 0.306 e. The Bertz CT molecular complexity index is 368. The fourth-order valence-corrected chi connectivity index (χ4v) is 2.67. The van der Waals surface area contributed by atoms with Gasteiger partial charge in [-0.15, -0.1) is 0 Å². The van der Waals surface area contributed by atoms with Gasteiger partial charge >= 0.3 is 5.97 Å². The Labute approximate surface area is 108 Å². The van der Waals surface area contributed by atoms with Crippen LogP contribution in [0.5, 0.6) is 0 Å². The van der Waals surface area contributed by atoms with Crippen LogP contribution in [0.4, 0.5) is 0 Å². The van der Waals surface area contributed by atoms with Gasteiger partial charge in [-0.25, -0.2) is 0 Å². The van der Waals surface area contributed by atoms with Crippen molar-refractivity contribution in [1.29, 1.82) is 0 Å². The van der Waals surface area contributed by atoms with Crippen molar-refractivity contribution in [3.05, 3.63) is 34.9 Å². The second-order valence-corrected chi connectivity index (χ2v) is 5.82. The van der Waals surface area contributed by atoms with Gasteiger partial charge in [-0.2, -0.15) is 11.8 Å². The van der Waals surface area contributed by atoms with Crippen molar-refractivity contribution in [3.8, 4) is 0 Å². The average Bonchev–Trinajstić information content (AvgIpc) is 2.25. The van der Waals surface area contributed by atoms with Crippen molar-refractivity contribution in [2.45, 2.75) is 38.2 Å². The molecule has 2 nitrogen and oxygen atoms in total. The first-order valence-electron chi connectivity index (χ1n) is 5.77. The minimum absolute atomic E-state index is 0.134. The highest BCUT2D eigenvalue weighted by Crippen LogP contribution is 2.21. The van der Waals surface area contributed by atoms with E-state index in [1.54, 1.807) is 11.8 Å². The van der Waals surface area contributed by atoms with Gasteiger partial charge in [-0.3, -0.25) is 4.79 Å². The lowest BCUT2D eigenvalue weighted by molar-refractivity contribution is -0.140. The van der Waals surface area contributed by atoms with Crippen molar-refractivity contribution in [2.24, 2.45) is 0 Å². The predicted octanol–water partition coefficient (Wildman–Crippen LogP) is 3.49. The number of rotatable bonds is 5. The summed E-state index contributed by atoms with van der Waals surface area (Å²) in [4.78, 5) is 11.1. The summed E-state index contributed by atoms with van der Waals surface area (Å²) in [5, 5.41) is 0.295. The van der Waals surface area contributed by atoms with E-state index < -0.39 is 0 Å². The van der Waals surface area contributed by atoms with Crippen LogP contribution in [0.25, 0.3) is 0 Å². The molecule has 0 fully saturated rings. The molecular formula is C14H20O2S. The van der Waals surface area contributed by atoms with Crippen LogP contribution in [0.1, 0.15) is 30.0 Å². The van der Waals surface area contributed by atoms with Crippen molar-refractivity contribution in [3.63, 3.8) is 0 Å². The highest BCUT2D eigenvalue weighted by atomic mass is 32.2. The second-order valence-electron chi connectivity index (χ2n) is 4.40. The van der Waals surface area contributed by atoms with Crippen LogP contribution in [0.3, 0.4) is 0 Å². The lowest BCUT2D eigenvalue weighted by Crippen LogP contribution is -2.08. The molecule has 0 spiro atoms. The zero-order chi connectivity index (χ0) is 12.8. The van der Waals surface area contributed by atoms with E-state index in [0.29, 0.717) is 11.7 Å². The molecule has 0 amide bonds. The third kappa shape index (κ3) is 5.26. The van der Waals surface area contributed by atoms with Gasteiger partial charge in [0.1, 0.15) is 0 Å². The van der Waals surface area contributed by atoms with Gasteiger partial charge in [0, 0.05) is 11.0 Å². The fraction of sp³-hybridized carbons (Fsp3) is 0.500. The van der Waals surface area contributed by atoms with Crippen LogP contribution >= 0.6 is 11.8 Å². The molecule has 0 saturated carbocycles. The minimum Gasteiger partial charge on any atom is -0.469 e. The maximum absolute atomic E-state index is 11.1. The standard InChI is InChI=1S/C14H20O2S/c1-10-5-11(2)7-13(6-10)9-17-12(3)8-14(15)16-4/h5-7,12H,8-9H2,1-4H3. The Morgan fingerprint density at radius 3 is 2.41 bits per heavy atom. The highest BCUT2D eigenvalue weighted by molar-refractivity contribution is 7.99. The molecule has 1 atom stereocenters. The SMILES string of the molecule is COC(=O)CC(C)SCc1cc(C)cc(C)c1. The summed E-state index contributed by atoms with van der Waals surface area (Å²) >= 11 is 1.79. The summed E-state index contributed by atoms with van der Waals surface area (Å²) in [5.74, 6) is 0.811. The number of thioether (sulfide) groups is 1. The average molecular weight is 252 g/mol. The Morgan fingerprint density at radius 2 is 1.88 bits per heavy atom. The summed E-state index contributed by atoms with van der Waals surface area (Å²) < 4.78 is 4.66. The van der Waals surface area contributed by atoms with Crippen molar-refractivity contribution in [2.75, 3.05) is 7.11 Å². The molecule has 1 aromatic rings. The smallest absolute Gasteiger partial charge is 0.306 e. The Balaban J connectivity index is 2.47. The third-order valence-corrected chi connectivity index (χ3v) is 3.73. The second kappa shape index (κ2) is 6.70. The molecule has 0 radical (unpaired) electrons. The molecule has 94 valence electrons. The molecule has 1 unspecified atom stereocenters. The first-order valence-corrected chi connectivity index (χ1v) is 6.81. The summed E-state index contributed by atoms with van der Waals surface area (Å²) in [6, 6.07) is 6.57. The molecular weight excluding hydrogens is 232 g/mol. The summed E-state index contributed by atoms with van der Waals surface area (Å²) in [7, 11) is 1.43. The van der Waals surface area contributed by atoms with Crippen molar-refractivity contribution >= 4 is 17.7 Å². The van der Waals surface area contributed by atoms with E-state index in [4.69, 9.17) is 0 Å². The first kappa shape index (κ1) is 14.1. The van der Waals surface area contributed by atoms with Crippen molar-refractivity contribution < 1.29 is 9.53 Å². The Hall–Kier alpha value is -0.960.